The Kier molecular flexibility index (Phi) is 7.02. The van der Waals surface area contributed by atoms with Crippen molar-refractivity contribution in [1.82, 2.24) is 14.9 Å². The van der Waals surface area contributed by atoms with E-state index >= 15 is 0 Å². The number of aromatic nitrogens is 2. The van der Waals surface area contributed by atoms with Crippen LogP contribution in [0.25, 0.3) is 0 Å². The third-order valence-electron chi connectivity index (χ3n) is 4.30. The Morgan fingerprint density at radius 3 is 2.44 bits per heavy atom. The second-order valence-electron chi connectivity index (χ2n) is 6.19. The van der Waals surface area contributed by atoms with Crippen LogP contribution in [0, 0.1) is 0 Å². The van der Waals surface area contributed by atoms with Crippen LogP contribution in [0.2, 0.25) is 0 Å². The Labute approximate surface area is 149 Å². The molecule has 25 heavy (non-hydrogen) atoms. The zero-order valence-corrected chi connectivity index (χ0v) is 14.7. The van der Waals surface area contributed by atoms with Gasteiger partial charge in [0.2, 0.25) is 0 Å². The highest BCUT2D eigenvalue weighted by atomic mass is 16.5. The normalized spacial score (nSPS) is 15.0. The van der Waals surface area contributed by atoms with E-state index in [9.17, 15) is 0 Å². The molecule has 0 spiro atoms. The molecule has 1 fully saturated rings. The van der Waals surface area contributed by atoms with Gasteiger partial charge in [-0.15, -0.1) is 0 Å². The van der Waals surface area contributed by atoms with Crippen molar-refractivity contribution in [2.45, 2.75) is 12.8 Å². The van der Waals surface area contributed by atoms with Gasteiger partial charge in [0, 0.05) is 38.8 Å². The molecule has 2 N–H and O–H groups in total. The lowest BCUT2D eigenvalue weighted by atomic mass is 10.1. The van der Waals surface area contributed by atoms with Crippen LogP contribution in [0.15, 0.2) is 42.7 Å². The van der Waals surface area contributed by atoms with Crippen molar-refractivity contribution in [1.29, 1.82) is 0 Å². The number of aryl methyl sites for hydroxylation is 1. The zero-order valence-electron chi connectivity index (χ0n) is 14.7. The van der Waals surface area contributed by atoms with E-state index in [1.54, 1.807) is 6.33 Å². The minimum absolute atomic E-state index is 0.838. The van der Waals surface area contributed by atoms with Crippen LogP contribution < -0.4 is 10.6 Å². The van der Waals surface area contributed by atoms with E-state index in [-0.39, 0.29) is 0 Å². The van der Waals surface area contributed by atoms with Crippen molar-refractivity contribution in [3.8, 4) is 0 Å². The summed E-state index contributed by atoms with van der Waals surface area (Å²) in [6, 6.07) is 12.5. The van der Waals surface area contributed by atoms with E-state index in [1.165, 1.54) is 5.56 Å². The lowest BCUT2D eigenvalue weighted by molar-refractivity contribution is 0.0398. The molecular weight excluding hydrogens is 314 g/mol. The van der Waals surface area contributed by atoms with Crippen LogP contribution in [-0.4, -0.2) is 60.8 Å². The molecule has 1 aromatic heterocycles. The van der Waals surface area contributed by atoms with Crippen LogP contribution in [0.4, 0.5) is 11.6 Å². The second kappa shape index (κ2) is 9.96. The van der Waals surface area contributed by atoms with E-state index < -0.39 is 0 Å². The smallest absolute Gasteiger partial charge is 0.131 e. The summed E-state index contributed by atoms with van der Waals surface area (Å²) in [6.07, 6.45) is 3.76. The number of hydrogen-bond donors (Lipinski definition) is 2. The van der Waals surface area contributed by atoms with Crippen molar-refractivity contribution >= 4 is 11.6 Å². The number of hydrogen-bond acceptors (Lipinski definition) is 6. The molecule has 3 rings (SSSR count). The summed E-state index contributed by atoms with van der Waals surface area (Å²) in [6.45, 7) is 6.49. The van der Waals surface area contributed by atoms with E-state index in [4.69, 9.17) is 4.74 Å². The summed E-state index contributed by atoms with van der Waals surface area (Å²) >= 11 is 0. The van der Waals surface area contributed by atoms with Gasteiger partial charge in [0.15, 0.2) is 0 Å². The molecule has 2 heterocycles. The van der Waals surface area contributed by atoms with Gasteiger partial charge in [-0.1, -0.05) is 30.3 Å². The summed E-state index contributed by atoms with van der Waals surface area (Å²) in [5.41, 5.74) is 1.37. The summed E-state index contributed by atoms with van der Waals surface area (Å²) in [4.78, 5) is 11.0. The molecule has 0 amide bonds. The SMILES string of the molecule is c1ccc(CCCNc2cc(NCCN3CCOCC3)ncn2)cc1. The average Bonchev–Trinajstić information content (AvgIpc) is 2.67. The Morgan fingerprint density at radius 1 is 0.960 bits per heavy atom. The van der Waals surface area contributed by atoms with Crippen LogP contribution in [0.3, 0.4) is 0 Å². The number of rotatable bonds is 9. The predicted molar refractivity (Wildman–Crippen MR) is 101 cm³/mol. The molecule has 2 aromatic rings. The third-order valence-corrected chi connectivity index (χ3v) is 4.30. The Bertz CT molecular complexity index is 616. The Morgan fingerprint density at radius 2 is 1.68 bits per heavy atom. The van der Waals surface area contributed by atoms with E-state index in [1.807, 2.05) is 6.07 Å². The van der Waals surface area contributed by atoms with Crippen LogP contribution in [0.1, 0.15) is 12.0 Å². The first-order valence-corrected chi connectivity index (χ1v) is 9.04. The maximum absolute atomic E-state index is 5.36. The number of morpholine rings is 1. The van der Waals surface area contributed by atoms with Gasteiger partial charge >= 0.3 is 0 Å². The van der Waals surface area contributed by atoms with Gasteiger partial charge in [0.1, 0.15) is 18.0 Å². The number of ether oxygens (including phenoxy) is 1. The van der Waals surface area contributed by atoms with Gasteiger partial charge in [-0.05, 0) is 18.4 Å². The Hall–Kier alpha value is -2.18. The monoisotopic (exact) mass is 341 g/mol. The predicted octanol–water partition coefficient (Wildman–Crippen LogP) is 2.27. The molecule has 6 heteroatoms. The van der Waals surface area contributed by atoms with Crippen LogP contribution in [0.5, 0.6) is 0 Å². The summed E-state index contributed by atoms with van der Waals surface area (Å²) in [7, 11) is 0. The topological polar surface area (TPSA) is 62.3 Å². The minimum Gasteiger partial charge on any atom is -0.379 e. The highest BCUT2D eigenvalue weighted by Crippen LogP contribution is 2.09. The van der Waals surface area contributed by atoms with Gasteiger partial charge in [-0.2, -0.15) is 0 Å². The summed E-state index contributed by atoms with van der Waals surface area (Å²) < 4.78 is 5.36. The fourth-order valence-corrected chi connectivity index (χ4v) is 2.87. The first-order valence-electron chi connectivity index (χ1n) is 9.04. The van der Waals surface area contributed by atoms with Crippen molar-refractivity contribution in [3.63, 3.8) is 0 Å². The van der Waals surface area contributed by atoms with Crippen LogP contribution >= 0.6 is 0 Å². The third kappa shape index (κ3) is 6.32. The molecule has 0 bridgehead atoms. The standard InChI is InChI=1S/C19H27N5O/c1-2-5-17(6-3-1)7-4-8-20-18-15-19(23-16-22-18)21-9-10-24-11-13-25-14-12-24/h1-3,5-6,15-16H,4,7-14H2,(H2,20,21,22,23). The van der Waals surface area contributed by atoms with Gasteiger partial charge in [-0.3, -0.25) is 4.90 Å². The maximum atomic E-state index is 5.36. The molecule has 0 radical (unpaired) electrons. The molecule has 134 valence electrons. The lowest BCUT2D eigenvalue weighted by Gasteiger charge is -2.26. The van der Waals surface area contributed by atoms with Gasteiger partial charge < -0.3 is 15.4 Å². The fourth-order valence-electron chi connectivity index (χ4n) is 2.87. The van der Waals surface area contributed by atoms with Crippen molar-refractivity contribution in [2.24, 2.45) is 0 Å². The Balaban J connectivity index is 1.35. The summed E-state index contributed by atoms with van der Waals surface area (Å²) in [5, 5.41) is 6.75. The molecule has 1 aliphatic heterocycles. The molecule has 0 saturated carbocycles. The lowest BCUT2D eigenvalue weighted by Crippen LogP contribution is -2.39. The number of anilines is 2. The fraction of sp³-hybridized carbons (Fsp3) is 0.474. The maximum Gasteiger partial charge on any atom is 0.131 e. The second-order valence-corrected chi connectivity index (χ2v) is 6.19. The molecule has 0 aliphatic carbocycles. The van der Waals surface area contributed by atoms with Crippen LogP contribution in [-0.2, 0) is 11.2 Å². The van der Waals surface area contributed by atoms with Gasteiger partial charge in [-0.25, -0.2) is 9.97 Å². The first kappa shape index (κ1) is 17.6. The highest BCUT2D eigenvalue weighted by molar-refractivity contribution is 5.46. The molecular formula is C19H27N5O. The molecule has 1 aromatic carbocycles. The van der Waals surface area contributed by atoms with Crippen molar-refractivity contribution < 1.29 is 4.74 Å². The average molecular weight is 341 g/mol. The van der Waals surface area contributed by atoms with Crippen molar-refractivity contribution in [2.75, 3.05) is 56.6 Å². The van der Waals surface area contributed by atoms with E-state index in [0.29, 0.717) is 0 Å². The molecule has 1 aliphatic rings. The largest absolute Gasteiger partial charge is 0.379 e. The van der Waals surface area contributed by atoms with Gasteiger partial charge in [0.25, 0.3) is 0 Å². The summed E-state index contributed by atoms with van der Waals surface area (Å²) in [5.74, 6) is 1.74. The van der Waals surface area contributed by atoms with E-state index in [0.717, 1.165) is 70.4 Å². The molecule has 1 saturated heterocycles. The number of benzene rings is 1. The highest BCUT2D eigenvalue weighted by Gasteiger charge is 2.09. The van der Waals surface area contributed by atoms with Gasteiger partial charge in [0.05, 0.1) is 13.2 Å². The zero-order chi connectivity index (χ0) is 17.2. The quantitative estimate of drug-likeness (QED) is 0.682. The number of nitrogens with one attached hydrogen (secondary N) is 2. The molecule has 0 atom stereocenters. The molecule has 6 nitrogen and oxygen atoms in total. The molecule has 0 unspecified atom stereocenters. The minimum atomic E-state index is 0.838. The number of nitrogens with zero attached hydrogens (tertiary/aromatic N) is 3. The van der Waals surface area contributed by atoms with Crippen molar-refractivity contribution in [3.05, 3.63) is 48.3 Å². The first-order chi connectivity index (χ1) is 12.4. The van der Waals surface area contributed by atoms with E-state index in [2.05, 4.69) is 55.8 Å².